The van der Waals surface area contributed by atoms with E-state index in [0.29, 0.717) is 12.2 Å². The SMILES string of the molecule is Cc1cc(C)n(-c2cccc(NC(=O)c3n[nH]c4c3CNCC4)c2)n1. The fourth-order valence-corrected chi connectivity index (χ4v) is 3.21. The fourth-order valence-electron chi connectivity index (χ4n) is 3.21. The molecular weight excluding hydrogens is 316 g/mol. The number of aromatic nitrogens is 4. The van der Waals surface area contributed by atoms with Crippen molar-refractivity contribution in [1.29, 1.82) is 0 Å². The van der Waals surface area contributed by atoms with Crippen molar-refractivity contribution in [3.8, 4) is 5.69 Å². The van der Waals surface area contributed by atoms with Gasteiger partial charge in [-0.2, -0.15) is 10.2 Å². The molecule has 2 aromatic heterocycles. The van der Waals surface area contributed by atoms with E-state index in [4.69, 9.17) is 0 Å². The number of amides is 1. The Balaban J connectivity index is 1.59. The van der Waals surface area contributed by atoms with Crippen molar-refractivity contribution in [1.82, 2.24) is 25.3 Å². The second-order valence-electron chi connectivity index (χ2n) is 6.30. The molecule has 0 fully saturated rings. The molecular formula is C18H20N6O. The Morgan fingerprint density at radius 1 is 1.28 bits per heavy atom. The monoisotopic (exact) mass is 336 g/mol. The highest BCUT2D eigenvalue weighted by Gasteiger charge is 2.21. The molecule has 4 rings (SSSR count). The van der Waals surface area contributed by atoms with Gasteiger partial charge in [-0.05, 0) is 38.1 Å². The Morgan fingerprint density at radius 2 is 2.16 bits per heavy atom. The number of nitrogens with zero attached hydrogens (tertiary/aromatic N) is 3. The predicted octanol–water partition coefficient (Wildman–Crippen LogP) is 2.11. The highest BCUT2D eigenvalue weighted by atomic mass is 16.1. The van der Waals surface area contributed by atoms with E-state index in [1.165, 1.54) is 0 Å². The summed E-state index contributed by atoms with van der Waals surface area (Å²) in [5.74, 6) is -0.202. The number of aromatic amines is 1. The highest BCUT2D eigenvalue weighted by Crippen LogP contribution is 2.19. The number of hydrogen-bond donors (Lipinski definition) is 3. The minimum absolute atomic E-state index is 0.202. The van der Waals surface area contributed by atoms with E-state index in [0.717, 1.165) is 47.0 Å². The molecule has 7 heteroatoms. The first-order valence-corrected chi connectivity index (χ1v) is 8.34. The first kappa shape index (κ1) is 15.6. The molecule has 0 aliphatic carbocycles. The number of rotatable bonds is 3. The van der Waals surface area contributed by atoms with Crippen LogP contribution in [0.1, 0.15) is 33.1 Å². The summed E-state index contributed by atoms with van der Waals surface area (Å²) >= 11 is 0. The first-order valence-electron chi connectivity index (χ1n) is 8.34. The molecule has 1 aliphatic heterocycles. The Hall–Kier alpha value is -2.93. The van der Waals surface area contributed by atoms with Crippen molar-refractivity contribution < 1.29 is 4.79 Å². The maximum absolute atomic E-state index is 12.6. The van der Waals surface area contributed by atoms with E-state index < -0.39 is 0 Å². The number of H-pyrrole nitrogens is 1. The van der Waals surface area contributed by atoms with Gasteiger partial charge in [0.1, 0.15) is 0 Å². The summed E-state index contributed by atoms with van der Waals surface area (Å²) < 4.78 is 1.87. The van der Waals surface area contributed by atoms with Crippen molar-refractivity contribution in [3.05, 3.63) is 58.7 Å². The lowest BCUT2D eigenvalue weighted by atomic mass is 10.1. The molecule has 3 N–H and O–H groups in total. The third-order valence-electron chi connectivity index (χ3n) is 4.38. The zero-order chi connectivity index (χ0) is 17.4. The summed E-state index contributed by atoms with van der Waals surface area (Å²) in [6, 6.07) is 9.67. The van der Waals surface area contributed by atoms with E-state index in [-0.39, 0.29) is 5.91 Å². The summed E-state index contributed by atoms with van der Waals surface area (Å²) in [6.07, 6.45) is 0.864. The van der Waals surface area contributed by atoms with Gasteiger partial charge in [0.05, 0.1) is 11.4 Å². The summed E-state index contributed by atoms with van der Waals surface area (Å²) in [6.45, 7) is 5.54. The number of carbonyl (C=O) groups is 1. The first-order chi connectivity index (χ1) is 12.1. The van der Waals surface area contributed by atoms with Crippen molar-refractivity contribution in [3.63, 3.8) is 0 Å². The van der Waals surface area contributed by atoms with Gasteiger partial charge in [0.25, 0.3) is 5.91 Å². The van der Waals surface area contributed by atoms with E-state index in [1.807, 2.05) is 48.9 Å². The molecule has 0 atom stereocenters. The van der Waals surface area contributed by atoms with Gasteiger partial charge in [0, 0.05) is 42.1 Å². The second kappa shape index (κ2) is 6.18. The predicted molar refractivity (Wildman–Crippen MR) is 95.0 cm³/mol. The molecule has 3 aromatic rings. The van der Waals surface area contributed by atoms with Crippen LogP contribution in [-0.2, 0) is 13.0 Å². The lowest BCUT2D eigenvalue weighted by Gasteiger charge is -2.13. The molecule has 1 aliphatic rings. The molecule has 0 bridgehead atoms. The summed E-state index contributed by atoms with van der Waals surface area (Å²) in [5, 5.41) is 17.9. The Labute approximate surface area is 145 Å². The Morgan fingerprint density at radius 3 is 2.96 bits per heavy atom. The molecule has 128 valence electrons. The van der Waals surface area contributed by atoms with Crippen LogP contribution >= 0.6 is 0 Å². The van der Waals surface area contributed by atoms with E-state index in [9.17, 15) is 4.79 Å². The van der Waals surface area contributed by atoms with Crippen molar-refractivity contribution in [2.75, 3.05) is 11.9 Å². The maximum Gasteiger partial charge on any atom is 0.276 e. The quantitative estimate of drug-likeness (QED) is 0.683. The van der Waals surface area contributed by atoms with Gasteiger partial charge in [-0.3, -0.25) is 9.89 Å². The third-order valence-corrected chi connectivity index (χ3v) is 4.38. The molecule has 3 heterocycles. The van der Waals surface area contributed by atoms with Crippen LogP contribution in [0.15, 0.2) is 30.3 Å². The lowest BCUT2D eigenvalue weighted by Crippen LogP contribution is -2.25. The molecule has 1 amide bonds. The van der Waals surface area contributed by atoms with Crippen LogP contribution in [0.5, 0.6) is 0 Å². The smallest absolute Gasteiger partial charge is 0.276 e. The van der Waals surface area contributed by atoms with E-state index >= 15 is 0 Å². The summed E-state index contributed by atoms with van der Waals surface area (Å²) in [5.41, 5.74) is 6.10. The zero-order valence-electron chi connectivity index (χ0n) is 14.3. The molecule has 0 saturated carbocycles. The molecule has 7 nitrogen and oxygen atoms in total. The average molecular weight is 336 g/mol. The number of aryl methyl sites for hydroxylation is 2. The molecule has 0 spiro atoms. The van der Waals surface area contributed by atoms with Crippen molar-refractivity contribution in [2.24, 2.45) is 0 Å². The van der Waals surface area contributed by atoms with Crippen LogP contribution < -0.4 is 10.6 Å². The number of benzene rings is 1. The average Bonchev–Trinajstić information content (AvgIpc) is 3.18. The van der Waals surface area contributed by atoms with Crippen molar-refractivity contribution in [2.45, 2.75) is 26.8 Å². The Bertz CT molecular complexity index is 939. The van der Waals surface area contributed by atoms with Crippen LogP contribution in [-0.4, -0.2) is 32.4 Å². The van der Waals surface area contributed by atoms with Gasteiger partial charge in [0.15, 0.2) is 5.69 Å². The van der Waals surface area contributed by atoms with Crippen LogP contribution in [0.2, 0.25) is 0 Å². The lowest BCUT2D eigenvalue weighted by molar-refractivity contribution is 0.102. The van der Waals surface area contributed by atoms with Gasteiger partial charge in [-0.25, -0.2) is 4.68 Å². The fraction of sp³-hybridized carbons (Fsp3) is 0.278. The van der Waals surface area contributed by atoms with Gasteiger partial charge >= 0.3 is 0 Å². The minimum Gasteiger partial charge on any atom is -0.321 e. The molecule has 1 aromatic carbocycles. The maximum atomic E-state index is 12.6. The topological polar surface area (TPSA) is 87.6 Å². The largest absolute Gasteiger partial charge is 0.321 e. The number of carbonyl (C=O) groups excluding carboxylic acids is 1. The molecule has 25 heavy (non-hydrogen) atoms. The highest BCUT2D eigenvalue weighted by molar-refractivity contribution is 6.04. The minimum atomic E-state index is -0.202. The normalized spacial score (nSPS) is 13.5. The van der Waals surface area contributed by atoms with Crippen LogP contribution in [0.4, 0.5) is 5.69 Å². The van der Waals surface area contributed by atoms with Gasteiger partial charge in [0.2, 0.25) is 0 Å². The van der Waals surface area contributed by atoms with Crippen LogP contribution in [0.25, 0.3) is 5.69 Å². The number of anilines is 1. The van der Waals surface area contributed by atoms with Gasteiger partial charge in [-0.1, -0.05) is 6.07 Å². The van der Waals surface area contributed by atoms with Crippen LogP contribution in [0.3, 0.4) is 0 Å². The Kier molecular flexibility index (Phi) is 3.85. The summed E-state index contributed by atoms with van der Waals surface area (Å²) in [4.78, 5) is 12.6. The molecule has 0 saturated heterocycles. The van der Waals surface area contributed by atoms with E-state index in [1.54, 1.807) is 0 Å². The molecule has 0 radical (unpaired) electrons. The standard InChI is InChI=1S/C18H20N6O/c1-11-8-12(2)24(23-11)14-5-3-4-13(9-14)20-18(25)17-15-10-19-7-6-16(15)21-22-17/h3-5,8-9,19H,6-7,10H2,1-2H3,(H,20,25)(H,21,22). The third kappa shape index (κ3) is 2.94. The number of fused-ring (bicyclic) bond motifs is 1. The van der Waals surface area contributed by atoms with Crippen molar-refractivity contribution >= 4 is 11.6 Å². The second-order valence-corrected chi connectivity index (χ2v) is 6.30. The molecule has 0 unspecified atom stereocenters. The van der Waals surface area contributed by atoms with E-state index in [2.05, 4.69) is 25.9 Å². The zero-order valence-corrected chi connectivity index (χ0v) is 14.3. The van der Waals surface area contributed by atoms with Crippen LogP contribution in [0, 0.1) is 13.8 Å². The van der Waals surface area contributed by atoms with Gasteiger partial charge < -0.3 is 10.6 Å². The number of hydrogen-bond acceptors (Lipinski definition) is 4. The number of nitrogens with one attached hydrogen (secondary N) is 3. The van der Waals surface area contributed by atoms with Gasteiger partial charge in [-0.15, -0.1) is 0 Å². The summed E-state index contributed by atoms with van der Waals surface area (Å²) in [7, 11) is 0.